The SMILES string of the molecule is C=CC=CC.CCCCCCCCCC(C)C.[Ti+2]. The molecule has 0 amide bonds. The van der Waals surface area contributed by atoms with E-state index in [2.05, 4.69) is 27.4 Å². The summed E-state index contributed by atoms with van der Waals surface area (Å²) < 4.78 is 0. The molecule has 0 radical (unpaired) electrons. The second-order valence-electron chi connectivity index (χ2n) is 5.07. The maximum atomic E-state index is 3.46. The van der Waals surface area contributed by atoms with Crippen molar-refractivity contribution in [2.75, 3.05) is 0 Å². The summed E-state index contributed by atoms with van der Waals surface area (Å²) >= 11 is 0. The van der Waals surface area contributed by atoms with Crippen molar-refractivity contribution in [1.29, 1.82) is 0 Å². The Balaban J connectivity index is -0.000000321. The molecule has 0 fully saturated rings. The quantitative estimate of drug-likeness (QED) is 0.257. The summed E-state index contributed by atoms with van der Waals surface area (Å²) in [5, 5.41) is 0. The molecule has 0 unspecified atom stereocenters. The maximum Gasteiger partial charge on any atom is 2.00 e. The smallest absolute Gasteiger partial charge is 0.0991 e. The van der Waals surface area contributed by atoms with Gasteiger partial charge in [-0.25, -0.2) is 0 Å². The zero-order valence-electron chi connectivity index (χ0n) is 13.2. The monoisotopic (exact) mass is 286 g/mol. The summed E-state index contributed by atoms with van der Waals surface area (Å²) in [5.74, 6) is 0.903. The molecule has 0 aliphatic heterocycles. The molecule has 0 aromatic heterocycles. The van der Waals surface area contributed by atoms with E-state index in [0.717, 1.165) is 5.92 Å². The zero-order valence-corrected chi connectivity index (χ0v) is 14.7. The Hall–Kier alpha value is 0.194. The molecular weight excluding hydrogens is 252 g/mol. The minimum atomic E-state index is 0. The Kier molecular flexibility index (Phi) is 29.0. The standard InChI is InChI=1S/C12H26.C5H8.Ti/c1-4-5-6-7-8-9-10-11-12(2)3;1-3-5-4-2;/h12H,4-11H2,1-3H3;3-5H,1H2,2H3;/q;;+2. The van der Waals surface area contributed by atoms with E-state index in [1.165, 1.54) is 51.4 Å². The summed E-state index contributed by atoms with van der Waals surface area (Å²) in [4.78, 5) is 0. The molecule has 0 bridgehead atoms. The van der Waals surface area contributed by atoms with Crippen molar-refractivity contribution in [2.24, 2.45) is 5.92 Å². The van der Waals surface area contributed by atoms with Crippen LogP contribution in [0.3, 0.4) is 0 Å². The van der Waals surface area contributed by atoms with Crippen molar-refractivity contribution in [3.05, 3.63) is 24.8 Å². The summed E-state index contributed by atoms with van der Waals surface area (Å²) in [6.45, 7) is 12.3. The Morgan fingerprint density at radius 2 is 1.44 bits per heavy atom. The van der Waals surface area contributed by atoms with Crippen LogP contribution in [0.15, 0.2) is 24.8 Å². The topological polar surface area (TPSA) is 0 Å². The van der Waals surface area contributed by atoms with Gasteiger partial charge in [-0.15, -0.1) is 0 Å². The van der Waals surface area contributed by atoms with Crippen LogP contribution in [0, 0.1) is 5.92 Å². The zero-order chi connectivity index (χ0) is 13.4. The van der Waals surface area contributed by atoms with E-state index in [0.29, 0.717) is 0 Å². The molecule has 0 rings (SSSR count). The molecule has 0 heterocycles. The number of unbranched alkanes of at least 4 members (excludes halogenated alkanes) is 6. The molecule has 0 saturated carbocycles. The first kappa shape index (κ1) is 23.3. The first-order chi connectivity index (χ1) is 8.18. The molecular formula is C17H34Ti+2. The van der Waals surface area contributed by atoms with Gasteiger partial charge in [0, 0.05) is 0 Å². The molecule has 0 aliphatic carbocycles. The van der Waals surface area contributed by atoms with Gasteiger partial charge in [0.25, 0.3) is 0 Å². The van der Waals surface area contributed by atoms with Crippen molar-refractivity contribution < 1.29 is 21.7 Å². The van der Waals surface area contributed by atoms with Crippen molar-refractivity contribution in [3.8, 4) is 0 Å². The number of allylic oxidation sites excluding steroid dienone is 3. The Morgan fingerprint density at radius 1 is 0.944 bits per heavy atom. The molecule has 1 heteroatoms. The van der Waals surface area contributed by atoms with E-state index in [1.807, 2.05) is 19.1 Å². The van der Waals surface area contributed by atoms with Crippen molar-refractivity contribution in [1.82, 2.24) is 0 Å². The first-order valence-electron chi connectivity index (χ1n) is 7.42. The van der Waals surface area contributed by atoms with Crippen LogP contribution in [0.5, 0.6) is 0 Å². The van der Waals surface area contributed by atoms with Crippen LogP contribution < -0.4 is 0 Å². The third-order valence-corrected chi connectivity index (χ3v) is 2.71. The predicted octanol–water partition coefficient (Wildman–Crippen LogP) is 6.53. The normalized spacial score (nSPS) is 9.83. The van der Waals surface area contributed by atoms with E-state index in [1.54, 1.807) is 6.08 Å². The fourth-order valence-corrected chi connectivity index (χ4v) is 1.65. The van der Waals surface area contributed by atoms with Gasteiger partial charge in [-0.05, 0) is 12.8 Å². The molecule has 0 atom stereocenters. The minimum Gasteiger partial charge on any atom is -0.0991 e. The summed E-state index contributed by atoms with van der Waals surface area (Å²) in [6, 6.07) is 0. The van der Waals surface area contributed by atoms with Gasteiger partial charge in [0.1, 0.15) is 0 Å². The van der Waals surface area contributed by atoms with Crippen LogP contribution in [0.25, 0.3) is 0 Å². The van der Waals surface area contributed by atoms with Crippen molar-refractivity contribution >= 4 is 0 Å². The molecule has 0 aliphatic rings. The Labute approximate surface area is 131 Å². The third kappa shape index (κ3) is 29.8. The Bertz CT molecular complexity index is 159. The predicted molar refractivity (Wildman–Crippen MR) is 82.5 cm³/mol. The van der Waals surface area contributed by atoms with E-state index in [-0.39, 0.29) is 21.7 Å². The number of hydrogen-bond acceptors (Lipinski definition) is 0. The van der Waals surface area contributed by atoms with Crippen LogP contribution in [-0.4, -0.2) is 0 Å². The van der Waals surface area contributed by atoms with Gasteiger partial charge >= 0.3 is 21.7 Å². The van der Waals surface area contributed by atoms with Gasteiger partial charge in [0.05, 0.1) is 0 Å². The van der Waals surface area contributed by atoms with Gasteiger partial charge in [-0.1, -0.05) is 96.9 Å². The molecule has 0 aromatic rings. The van der Waals surface area contributed by atoms with Gasteiger partial charge < -0.3 is 0 Å². The Morgan fingerprint density at radius 3 is 1.78 bits per heavy atom. The van der Waals surface area contributed by atoms with Crippen molar-refractivity contribution in [3.63, 3.8) is 0 Å². The van der Waals surface area contributed by atoms with Crippen LogP contribution in [0.1, 0.15) is 79.1 Å². The van der Waals surface area contributed by atoms with Gasteiger partial charge in [-0.2, -0.15) is 0 Å². The summed E-state index contributed by atoms with van der Waals surface area (Å²) in [6.07, 6.45) is 17.1. The number of rotatable bonds is 9. The number of hydrogen-bond donors (Lipinski definition) is 0. The van der Waals surface area contributed by atoms with Crippen LogP contribution in [-0.2, 0) is 21.7 Å². The molecule has 0 aromatic carbocycles. The average Bonchev–Trinajstić information content (AvgIpc) is 2.29. The molecule has 0 N–H and O–H groups in total. The van der Waals surface area contributed by atoms with Gasteiger partial charge in [0.2, 0.25) is 0 Å². The average molecular weight is 286 g/mol. The van der Waals surface area contributed by atoms with Crippen molar-refractivity contribution in [2.45, 2.75) is 79.1 Å². The molecule has 18 heavy (non-hydrogen) atoms. The second kappa shape index (κ2) is 22.4. The third-order valence-electron chi connectivity index (χ3n) is 2.71. The van der Waals surface area contributed by atoms with Crippen LogP contribution in [0.4, 0.5) is 0 Å². The van der Waals surface area contributed by atoms with E-state index < -0.39 is 0 Å². The van der Waals surface area contributed by atoms with Gasteiger partial charge in [0.15, 0.2) is 0 Å². The fraction of sp³-hybridized carbons (Fsp3) is 0.765. The fourth-order valence-electron chi connectivity index (χ4n) is 1.65. The van der Waals surface area contributed by atoms with E-state index in [4.69, 9.17) is 0 Å². The molecule has 104 valence electrons. The van der Waals surface area contributed by atoms with E-state index >= 15 is 0 Å². The minimum absolute atomic E-state index is 0. The van der Waals surface area contributed by atoms with Crippen LogP contribution in [0.2, 0.25) is 0 Å². The van der Waals surface area contributed by atoms with Gasteiger partial charge in [-0.3, -0.25) is 0 Å². The van der Waals surface area contributed by atoms with Crippen LogP contribution >= 0.6 is 0 Å². The maximum absolute atomic E-state index is 3.46. The summed E-state index contributed by atoms with van der Waals surface area (Å²) in [7, 11) is 0. The molecule has 0 spiro atoms. The summed E-state index contributed by atoms with van der Waals surface area (Å²) in [5.41, 5.74) is 0. The largest absolute Gasteiger partial charge is 2.00 e. The molecule has 0 nitrogen and oxygen atoms in total. The van der Waals surface area contributed by atoms with E-state index in [9.17, 15) is 0 Å². The second-order valence-corrected chi connectivity index (χ2v) is 5.07. The first-order valence-corrected chi connectivity index (χ1v) is 7.42. The molecule has 0 saturated heterocycles.